The van der Waals surface area contributed by atoms with Crippen molar-refractivity contribution >= 4 is 55.0 Å². The fraction of sp³-hybridized carbons (Fsp3) is 0.0690. The van der Waals surface area contributed by atoms with E-state index < -0.39 is 0 Å². The molecule has 0 unspecified atom stereocenters. The number of furan rings is 1. The Morgan fingerprint density at radius 3 is 2.10 bits per heavy atom. The number of allylic oxidation sites excluding steroid dienone is 4. The second-order valence-electron chi connectivity index (χ2n) is 16.6. The van der Waals surface area contributed by atoms with Crippen LogP contribution < -0.4 is 4.90 Å². The molecule has 0 radical (unpaired) electrons. The molecule has 0 amide bonds. The first-order valence-corrected chi connectivity index (χ1v) is 21.2. The Kier molecular flexibility index (Phi) is 8.83. The molecule has 0 atom stereocenters. The molecule has 10 aromatic rings. The van der Waals surface area contributed by atoms with Gasteiger partial charge < -0.3 is 9.32 Å². The molecule has 62 heavy (non-hydrogen) atoms. The van der Waals surface area contributed by atoms with E-state index in [4.69, 9.17) is 14.4 Å². The van der Waals surface area contributed by atoms with Gasteiger partial charge in [-0.05, 0) is 130 Å². The van der Waals surface area contributed by atoms with Crippen LogP contribution in [-0.4, -0.2) is 9.97 Å². The summed E-state index contributed by atoms with van der Waals surface area (Å²) in [4.78, 5) is 12.9. The highest BCUT2D eigenvalue weighted by atomic mass is 16.3. The molecule has 1 aliphatic rings. The first kappa shape index (κ1) is 37.2. The Morgan fingerprint density at radius 1 is 0.581 bits per heavy atom. The summed E-state index contributed by atoms with van der Waals surface area (Å²) in [6, 6.07) is 60.3. The Bertz CT molecular complexity index is 3460. The van der Waals surface area contributed by atoms with Gasteiger partial charge >= 0.3 is 0 Å². The van der Waals surface area contributed by atoms with Gasteiger partial charge in [0, 0.05) is 49.8 Å². The van der Waals surface area contributed by atoms with Crippen LogP contribution in [0.5, 0.6) is 0 Å². The molecule has 0 N–H and O–H groups in total. The highest BCUT2D eigenvalue weighted by molar-refractivity contribution is 6.15. The average molecular weight is 798 g/mol. The van der Waals surface area contributed by atoms with Crippen LogP contribution in [0.3, 0.4) is 0 Å². The normalized spacial score (nSPS) is 13.3. The molecule has 0 fully saturated rings. The van der Waals surface area contributed by atoms with Crippen molar-refractivity contribution in [3.05, 3.63) is 218 Å². The SMILES string of the molecule is C=C/C(=C\C=C/C)N(c1ccc(-c2nc(-c3cc(-c4ccccc4)cc4c3oc3cc5ccccc5cc34)c3ccccc3n2)cc1)c1ccc2c(c1)C(C)(C)c1ccccc1-2. The van der Waals surface area contributed by atoms with Crippen LogP contribution in [0.25, 0.3) is 88.5 Å². The van der Waals surface area contributed by atoms with E-state index in [-0.39, 0.29) is 5.41 Å². The zero-order valence-corrected chi connectivity index (χ0v) is 34.9. The van der Waals surface area contributed by atoms with E-state index in [1.807, 2.05) is 25.1 Å². The minimum atomic E-state index is -0.132. The van der Waals surface area contributed by atoms with Crippen molar-refractivity contribution in [3.8, 4) is 44.9 Å². The highest BCUT2D eigenvalue weighted by Gasteiger charge is 2.35. The minimum absolute atomic E-state index is 0.132. The second kappa shape index (κ2) is 14.7. The Morgan fingerprint density at radius 2 is 1.29 bits per heavy atom. The van der Waals surface area contributed by atoms with Crippen molar-refractivity contribution in [1.29, 1.82) is 0 Å². The summed E-state index contributed by atoms with van der Waals surface area (Å²) in [6.07, 6.45) is 8.13. The summed E-state index contributed by atoms with van der Waals surface area (Å²) in [5, 5.41) is 5.41. The molecular formula is C58H43N3O. The van der Waals surface area contributed by atoms with Crippen LogP contribution in [0.2, 0.25) is 0 Å². The number of fused-ring (bicyclic) bond motifs is 8. The third-order valence-electron chi connectivity index (χ3n) is 12.5. The number of anilines is 2. The monoisotopic (exact) mass is 797 g/mol. The van der Waals surface area contributed by atoms with Gasteiger partial charge in [-0.2, -0.15) is 0 Å². The Balaban J connectivity index is 1.07. The standard InChI is InChI=1S/C58H43N3O/c1-5-7-21-42(6-2)61(44-30-31-46-45-22-13-15-24-51(45)58(3,4)52(46)36-44)43-28-26-38(27-29-43)57-59-53-25-16-14-23-47(53)55(60-57)50-34-41(37-17-9-8-10-18-37)33-49-48-32-39-19-11-12-20-40(39)35-54(48)62-56(49)50/h5-36H,2H2,1,3-4H3/b7-5-,42-21+. The van der Waals surface area contributed by atoms with Crippen molar-refractivity contribution in [2.45, 2.75) is 26.2 Å². The van der Waals surface area contributed by atoms with Gasteiger partial charge in [0.2, 0.25) is 0 Å². The van der Waals surface area contributed by atoms with Crippen molar-refractivity contribution in [3.63, 3.8) is 0 Å². The van der Waals surface area contributed by atoms with Crippen molar-refractivity contribution < 1.29 is 4.42 Å². The van der Waals surface area contributed by atoms with Crippen LogP contribution >= 0.6 is 0 Å². The van der Waals surface area contributed by atoms with Crippen LogP contribution in [0.1, 0.15) is 31.9 Å². The molecular weight excluding hydrogens is 755 g/mol. The predicted octanol–water partition coefficient (Wildman–Crippen LogP) is 15.8. The van der Waals surface area contributed by atoms with E-state index >= 15 is 0 Å². The zero-order chi connectivity index (χ0) is 42.0. The maximum absolute atomic E-state index is 6.85. The van der Waals surface area contributed by atoms with Crippen LogP contribution in [0.4, 0.5) is 11.4 Å². The van der Waals surface area contributed by atoms with E-state index in [2.05, 4.69) is 201 Å². The molecule has 8 aromatic carbocycles. The van der Waals surface area contributed by atoms with E-state index in [0.29, 0.717) is 5.82 Å². The number of hydrogen-bond acceptors (Lipinski definition) is 4. The quantitative estimate of drug-likeness (QED) is 0.144. The van der Waals surface area contributed by atoms with Gasteiger partial charge in [-0.3, -0.25) is 0 Å². The molecule has 2 heterocycles. The minimum Gasteiger partial charge on any atom is -0.455 e. The number of aromatic nitrogens is 2. The molecule has 4 heteroatoms. The van der Waals surface area contributed by atoms with Gasteiger partial charge in [-0.1, -0.05) is 136 Å². The van der Waals surface area contributed by atoms with Crippen molar-refractivity contribution in [2.75, 3.05) is 4.90 Å². The lowest BCUT2D eigenvalue weighted by Gasteiger charge is -2.28. The molecule has 0 saturated carbocycles. The Labute approximate surface area is 361 Å². The lowest BCUT2D eigenvalue weighted by atomic mass is 9.82. The first-order chi connectivity index (χ1) is 30.4. The second-order valence-corrected chi connectivity index (χ2v) is 16.6. The molecule has 4 nitrogen and oxygen atoms in total. The molecule has 11 rings (SSSR count). The maximum atomic E-state index is 6.85. The highest BCUT2D eigenvalue weighted by Crippen LogP contribution is 2.50. The van der Waals surface area contributed by atoms with Crippen LogP contribution in [0, 0.1) is 0 Å². The summed E-state index contributed by atoms with van der Waals surface area (Å²) < 4.78 is 6.85. The maximum Gasteiger partial charge on any atom is 0.160 e. The molecule has 0 bridgehead atoms. The third kappa shape index (κ3) is 6.06. The van der Waals surface area contributed by atoms with Gasteiger partial charge in [-0.25, -0.2) is 9.97 Å². The lowest BCUT2D eigenvalue weighted by molar-refractivity contribution is 0.660. The van der Waals surface area contributed by atoms with Gasteiger partial charge in [0.15, 0.2) is 5.82 Å². The largest absolute Gasteiger partial charge is 0.455 e. The van der Waals surface area contributed by atoms with Gasteiger partial charge in [0.05, 0.1) is 11.2 Å². The summed E-state index contributed by atoms with van der Waals surface area (Å²) in [5.41, 5.74) is 15.6. The topological polar surface area (TPSA) is 42.2 Å². The van der Waals surface area contributed by atoms with Crippen molar-refractivity contribution in [2.24, 2.45) is 0 Å². The number of hydrogen-bond donors (Lipinski definition) is 0. The number of benzene rings is 8. The number of rotatable bonds is 8. The van der Waals surface area contributed by atoms with Crippen molar-refractivity contribution in [1.82, 2.24) is 9.97 Å². The molecule has 2 aromatic heterocycles. The van der Waals surface area contributed by atoms with E-state index in [9.17, 15) is 0 Å². The lowest BCUT2D eigenvalue weighted by Crippen LogP contribution is -2.18. The van der Waals surface area contributed by atoms with Crippen LogP contribution in [0.15, 0.2) is 211 Å². The summed E-state index contributed by atoms with van der Waals surface area (Å²) in [5.74, 6) is 0.641. The number of para-hydroxylation sites is 1. The predicted molar refractivity (Wildman–Crippen MR) is 260 cm³/mol. The van der Waals surface area contributed by atoms with E-state index in [1.165, 1.54) is 27.6 Å². The summed E-state index contributed by atoms with van der Waals surface area (Å²) >= 11 is 0. The third-order valence-corrected chi connectivity index (χ3v) is 12.5. The van der Waals surface area contributed by atoms with Gasteiger partial charge in [0.1, 0.15) is 11.2 Å². The number of nitrogens with zero attached hydrogens (tertiary/aromatic N) is 3. The molecule has 0 saturated heterocycles. The van der Waals surface area contributed by atoms with Gasteiger partial charge in [-0.15, -0.1) is 0 Å². The average Bonchev–Trinajstić information content (AvgIpc) is 3.79. The first-order valence-electron chi connectivity index (χ1n) is 21.2. The van der Waals surface area contributed by atoms with E-state index in [0.717, 1.165) is 83.2 Å². The molecule has 0 spiro atoms. The molecule has 0 aliphatic heterocycles. The van der Waals surface area contributed by atoms with Gasteiger partial charge in [0.25, 0.3) is 0 Å². The fourth-order valence-electron chi connectivity index (χ4n) is 9.41. The van der Waals surface area contributed by atoms with Crippen LogP contribution in [-0.2, 0) is 5.41 Å². The smallest absolute Gasteiger partial charge is 0.160 e. The summed E-state index contributed by atoms with van der Waals surface area (Å²) in [6.45, 7) is 10.9. The molecule has 1 aliphatic carbocycles. The fourth-order valence-corrected chi connectivity index (χ4v) is 9.41. The zero-order valence-electron chi connectivity index (χ0n) is 34.9. The Hall–Kier alpha value is -7.82. The molecule has 296 valence electrons. The van der Waals surface area contributed by atoms with E-state index in [1.54, 1.807) is 0 Å². The summed E-state index contributed by atoms with van der Waals surface area (Å²) in [7, 11) is 0.